The summed E-state index contributed by atoms with van der Waals surface area (Å²) in [5.41, 5.74) is 0.782. The highest BCUT2D eigenvalue weighted by atomic mass is 32.2. The average molecular weight is 393 g/mol. The number of ether oxygens (including phenoxy) is 1. The van der Waals surface area contributed by atoms with Crippen LogP contribution in [0.3, 0.4) is 0 Å². The van der Waals surface area contributed by atoms with E-state index < -0.39 is 16.3 Å². The molecule has 0 spiro atoms. The summed E-state index contributed by atoms with van der Waals surface area (Å²) < 4.78 is 37.7. The minimum Gasteiger partial charge on any atom is -0.497 e. The third-order valence-corrected chi connectivity index (χ3v) is 6.87. The predicted octanol–water partition coefficient (Wildman–Crippen LogP) is 2.62. The van der Waals surface area contributed by atoms with Gasteiger partial charge in [-0.2, -0.15) is 17.4 Å². The van der Waals surface area contributed by atoms with Crippen LogP contribution in [0.15, 0.2) is 36.7 Å². The summed E-state index contributed by atoms with van der Waals surface area (Å²) in [6, 6.07) is 6.85. The first-order valence-electron chi connectivity index (χ1n) is 9.29. The number of methoxy groups -OCH3 is 1. The van der Waals surface area contributed by atoms with Crippen LogP contribution in [0.4, 0.5) is 0 Å². The van der Waals surface area contributed by atoms with Crippen LogP contribution >= 0.6 is 0 Å². The maximum absolute atomic E-state index is 13.1. The van der Waals surface area contributed by atoms with Gasteiger partial charge >= 0.3 is 0 Å². The van der Waals surface area contributed by atoms with Gasteiger partial charge in [-0.3, -0.25) is 0 Å². The molecule has 0 saturated heterocycles. The molecule has 0 amide bonds. The minimum atomic E-state index is -3.68. The minimum absolute atomic E-state index is 0.0450. The molecule has 1 N–H and O–H groups in total. The van der Waals surface area contributed by atoms with Crippen molar-refractivity contribution in [2.24, 2.45) is 7.05 Å². The van der Waals surface area contributed by atoms with Crippen molar-refractivity contribution in [3.05, 3.63) is 48.0 Å². The third kappa shape index (κ3) is 4.51. The summed E-state index contributed by atoms with van der Waals surface area (Å²) in [7, 11) is 1.43. The summed E-state index contributed by atoms with van der Waals surface area (Å²) in [4.78, 5) is 4.38. The van der Waals surface area contributed by atoms with Crippen molar-refractivity contribution in [2.45, 2.75) is 44.2 Å². The van der Waals surface area contributed by atoms with E-state index in [4.69, 9.17) is 4.74 Å². The van der Waals surface area contributed by atoms with Crippen molar-refractivity contribution in [2.75, 3.05) is 14.2 Å². The number of aromatic nitrogens is 2. The van der Waals surface area contributed by atoms with E-state index in [-0.39, 0.29) is 6.04 Å². The summed E-state index contributed by atoms with van der Waals surface area (Å²) >= 11 is 0. The normalized spacial score (nSPS) is 17.2. The zero-order valence-electron chi connectivity index (χ0n) is 16.1. The Morgan fingerprint density at radius 1 is 1.30 bits per heavy atom. The van der Waals surface area contributed by atoms with Crippen LogP contribution in [0.2, 0.25) is 0 Å². The Kier molecular flexibility index (Phi) is 6.18. The number of nitrogens with one attached hydrogen (secondary N) is 1. The van der Waals surface area contributed by atoms with Gasteiger partial charge in [0.25, 0.3) is 10.2 Å². The highest BCUT2D eigenvalue weighted by molar-refractivity contribution is 7.87. The van der Waals surface area contributed by atoms with Crippen molar-refractivity contribution >= 4 is 10.2 Å². The van der Waals surface area contributed by atoms with E-state index >= 15 is 0 Å². The molecule has 1 aromatic heterocycles. The number of imidazole rings is 1. The zero-order chi connectivity index (χ0) is 19.4. The van der Waals surface area contributed by atoms with E-state index in [0.717, 1.165) is 31.2 Å². The van der Waals surface area contributed by atoms with Crippen LogP contribution in [0, 0.1) is 0 Å². The molecular weight excluding hydrogens is 364 g/mol. The molecule has 1 atom stereocenters. The van der Waals surface area contributed by atoms with E-state index in [0.29, 0.717) is 11.6 Å². The second kappa shape index (κ2) is 8.41. The fourth-order valence-electron chi connectivity index (χ4n) is 3.62. The molecule has 148 valence electrons. The zero-order valence-corrected chi connectivity index (χ0v) is 16.9. The molecule has 1 fully saturated rings. The molecular formula is C19H28N4O3S. The van der Waals surface area contributed by atoms with Crippen molar-refractivity contribution in [3.63, 3.8) is 0 Å². The molecule has 0 radical (unpaired) electrons. The van der Waals surface area contributed by atoms with Gasteiger partial charge < -0.3 is 9.30 Å². The number of hydrogen-bond donors (Lipinski definition) is 1. The van der Waals surface area contributed by atoms with Crippen LogP contribution in [-0.2, 0) is 17.3 Å². The molecule has 8 heteroatoms. The SMILES string of the molecule is COc1cccc(C(NS(=O)(=O)N(C)C2CCCCC2)c2nccn2C)c1. The standard InChI is InChI=1S/C19H28N4O3S/c1-22-13-12-20-19(22)18(15-8-7-11-17(14-15)26-3)21-27(24,25)23(2)16-9-5-4-6-10-16/h7-8,11-14,16,18,21H,4-6,9-10H2,1-3H3. The topological polar surface area (TPSA) is 76.5 Å². The van der Waals surface area contributed by atoms with Crippen molar-refractivity contribution in [1.82, 2.24) is 18.6 Å². The number of benzene rings is 1. The molecule has 1 aliphatic carbocycles. The molecule has 1 heterocycles. The lowest BCUT2D eigenvalue weighted by Crippen LogP contribution is -2.46. The number of hydrogen-bond acceptors (Lipinski definition) is 4. The van der Waals surface area contributed by atoms with E-state index in [9.17, 15) is 8.42 Å². The molecule has 2 aromatic rings. The smallest absolute Gasteiger partial charge is 0.280 e. The van der Waals surface area contributed by atoms with Crippen molar-refractivity contribution < 1.29 is 13.2 Å². The molecule has 3 rings (SSSR count). The summed E-state index contributed by atoms with van der Waals surface area (Å²) in [5.74, 6) is 1.30. The second-order valence-electron chi connectivity index (χ2n) is 7.04. The quantitative estimate of drug-likeness (QED) is 0.786. The number of rotatable bonds is 7. The van der Waals surface area contributed by atoms with E-state index in [1.165, 1.54) is 10.7 Å². The summed E-state index contributed by atoms with van der Waals surface area (Å²) in [6.45, 7) is 0. The number of nitrogens with zero attached hydrogens (tertiary/aromatic N) is 3. The fraction of sp³-hybridized carbons (Fsp3) is 0.526. The van der Waals surface area contributed by atoms with Crippen LogP contribution in [0.25, 0.3) is 0 Å². The van der Waals surface area contributed by atoms with Gasteiger partial charge in [0.2, 0.25) is 0 Å². The second-order valence-corrected chi connectivity index (χ2v) is 8.80. The van der Waals surface area contributed by atoms with E-state index in [2.05, 4.69) is 9.71 Å². The van der Waals surface area contributed by atoms with Crippen LogP contribution < -0.4 is 9.46 Å². The summed E-state index contributed by atoms with van der Waals surface area (Å²) in [5, 5.41) is 0. The van der Waals surface area contributed by atoms with Crippen molar-refractivity contribution in [3.8, 4) is 5.75 Å². The largest absolute Gasteiger partial charge is 0.497 e. The first-order valence-corrected chi connectivity index (χ1v) is 10.7. The monoisotopic (exact) mass is 392 g/mol. The van der Waals surface area contributed by atoms with Gasteiger partial charge in [0, 0.05) is 32.5 Å². The van der Waals surface area contributed by atoms with Gasteiger partial charge in [0.15, 0.2) is 0 Å². The lowest BCUT2D eigenvalue weighted by atomic mass is 9.96. The molecule has 7 nitrogen and oxygen atoms in total. The van der Waals surface area contributed by atoms with Crippen molar-refractivity contribution in [1.29, 1.82) is 0 Å². The third-order valence-electron chi connectivity index (χ3n) is 5.28. The Bertz CT molecular complexity index is 859. The van der Waals surface area contributed by atoms with Gasteiger partial charge in [-0.05, 0) is 30.5 Å². The molecule has 1 saturated carbocycles. The van der Waals surface area contributed by atoms with Gasteiger partial charge in [0.1, 0.15) is 17.6 Å². The summed E-state index contributed by atoms with van der Waals surface area (Å²) in [6.07, 6.45) is 8.61. The molecule has 1 aromatic carbocycles. The van der Waals surface area contributed by atoms with Gasteiger partial charge in [-0.25, -0.2) is 4.98 Å². The maximum Gasteiger partial charge on any atom is 0.280 e. The fourth-order valence-corrected chi connectivity index (χ4v) is 4.93. The Labute approximate surface area is 161 Å². The van der Waals surface area contributed by atoms with Gasteiger partial charge in [-0.1, -0.05) is 31.4 Å². The van der Waals surface area contributed by atoms with Crippen LogP contribution in [0.1, 0.15) is 49.5 Å². The lowest BCUT2D eigenvalue weighted by Gasteiger charge is -2.32. The highest BCUT2D eigenvalue weighted by Crippen LogP contribution is 2.27. The molecule has 27 heavy (non-hydrogen) atoms. The predicted molar refractivity (Wildman–Crippen MR) is 105 cm³/mol. The number of aryl methyl sites for hydroxylation is 1. The Hall–Kier alpha value is -1.90. The van der Waals surface area contributed by atoms with E-state index in [1.807, 2.05) is 42.1 Å². The first-order chi connectivity index (χ1) is 12.9. The average Bonchev–Trinajstić information content (AvgIpc) is 3.12. The highest BCUT2D eigenvalue weighted by Gasteiger charge is 2.32. The van der Waals surface area contributed by atoms with Gasteiger partial charge in [-0.15, -0.1) is 0 Å². The molecule has 1 unspecified atom stereocenters. The molecule has 0 bridgehead atoms. The Morgan fingerprint density at radius 2 is 2.04 bits per heavy atom. The molecule has 0 aliphatic heterocycles. The van der Waals surface area contributed by atoms with Gasteiger partial charge in [0.05, 0.1) is 7.11 Å². The maximum atomic E-state index is 13.1. The van der Waals surface area contributed by atoms with Crippen LogP contribution in [-0.4, -0.2) is 42.5 Å². The first kappa shape index (κ1) is 19.9. The Morgan fingerprint density at radius 3 is 2.67 bits per heavy atom. The molecule has 1 aliphatic rings. The Balaban J connectivity index is 1.92. The van der Waals surface area contributed by atoms with E-state index in [1.54, 1.807) is 20.4 Å². The van der Waals surface area contributed by atoms with Crippen LogP contribution in [0.5, 0.6) is 5.75 Å². The lowest BCUT2D eigenvalue weighted by molar-refractivity contribution is 0.282.